The largest absolute Gasteiger partial charge is 0.489 e. The van der Waals surface area contributed by atoms with Gasteiger partial charge in [0.2, 0.25) is 5.95 Å². The van der Waals surface area contributed by atoms with E-state index < -0.39 is 21.2 Å². The van der Waals surface area contributed by atoms with E-state index in [9.17, 15) is 13.2 Å². The molecule has 1 aliphatic rings. The first kappa shape index (κ1) is 27.5. The summed E-state index contributed by atoms with van der Waals surface area (Å²) in [6.07, 6.45) is 9.64. The summed E-state index contributed by atoms with van der Waals surface area (Å²) in [5, 5.41) is 0. The molecule has 0 N–H and O–H groups in total. The number of nitrogens with zero attached hydrogens (tertiary/aromatic N) is 4. The minimum Gasteiger partial charge on any atom is -0.489 e. The van der Waals surface area contributed by atoms with Gasteiger partial charge in [-0.05, 0) is 35.7 Å². The van der Waals surface area contributed by atoms with Crippen LogP contribution in [0.4, 0.5) is 10.3 Å². The van der Waals surface area contributed by atoms with Crippen LogP contribution in [0.5, 0.6) is 5.75 Å². The lowest BCUT2D eigenvalue weighted by molar-refractivity contribution is 0.171. The second kappa shape index (κ2) is 11.6. The molecule has 10 heteroatoms. The Labute approximate surface area is 233 Å². The molecule has 0 unspecified atom stereocenters. The van der Waals surface area contributed by atoms with Gasteiger partial charge in [-0.25, -0.2) is 22.8 Å². The number of hydrogen-bond donors (Lipinski definition) is 0. The van der Waals surface area contributed by atoms with Crippen molar-refractivity contribution in [1.82, 2.24) is 14.5 Å². The lowest BCUT2D eigenvalue weighted by Crippen LogP contribution is -2.39. The summed E-state index contributed by atoms with van der Waals surface area (Å²) >= 11 is 0. The molecule has 4 aromatic rings. The first-order valence-electron chi connectivity index (χ1n) is 13.3. The predicted octanol–water partition coefficient (Wildman–Crippen LogP) is 4.84. The van der Waals surface area contributed by atoms with Crippen LogP contribution in [-0.2, 0) is 16.3 Å². The van der Waals surface area contributed by atoms with Gasteiger partial charge in [0.15, 0.2) is 9.84 Å². The first-order valence-corrected chi connectivity index (χ1v) is 15.2. The van der Waals surface area contributed by atoms with E-state index in [2.05, 4.69) is 21.8 Å². The number of aromatic nitrogens is 3. The number of ether oxygens (including phenoxy) is 1. The van der Waals surface area contributed by atoms with Gasteiger partial charge in [0.05, 0.1) is 10.6 Å². The lowest BCUT2D eigenvalue weighted by atomic mass is 10.1. The molecule has 0 aliphatic carbocycles. The van der Waals surface area contributed by atoms with Crippen LogP contribution >= 0.6 is 0 Å². The minimum absolute atomic E-state index is 0.0422. The fraction of sp³-hybridized carbons (Fsp3) is 0.300. The third-order valence-corrected chi connectivity index (χ3v) is 8.07. The van der Waals surface area contributed by atoms with Crippen LogP contribution < -0.4 is 15.2 Å². The molecule has 0 bridgehead atoms. The number of anilines is 1. The average Bonchev–Trinajstić information content (AvgIpc) is 2.94. The van der Waals surface area contributed by atoms with Crippen molar-refractivity contribution < 1.29 is 17.5 Å². The number of benzene rings is 2. The highest BCUT2D eigenvalue weighted by Gasteiger charge is 2.24. The topological polar surface area (TPSA) is 94.4 Å². The smallest absolute Gasteiger partial charge is 0.258 e. The molecule has 0 atom stereocenters. The SMILES string of the molecule is CCCc1cnc(N2CCC(Oc3cc(=O)n(-c4ccc(S(C)(=O)=O)cc4F)cc3-c3ccccc3)CC2)nc1. The van der Waals surface area contributed by atoms with Crippen molar-refractivity contribution in [3.63, 3.8) is 0 Å². The average molecular weight is 563 g/mol. The second-order valence-electron chi connectivity index (χ2n) is 9.96. The molecule has 1 fully saturated rings. The van der Waals surface area contributed by atoms with E-state index in [4.69, 9.17) is 4.74 Å². The Bertz CT molecular complexity index is 1650. The Kier molecular flexibility index (Phi) is 7.97. The number of rotatable bonds is 8. The highest BCUT2D eigenvalue weighted by molar-refractivity contribution is 7.90. The second-order valence-corrected chi connectivity index (χ2v) is 12.0. The van der Waals surface area contributed by atoms with E-state index in [-0.39, 0.29) is 16.7 Å². The Morgan fingerprint density at radius 2 is 1.73 bits per heavy atom. The molecule has 0 amide bonds. The molecule has 208 valence electrons. The number of hydrogen-bond acceptors (Lipinski definition) is 7. The maximum Gasteiger partial charge on any atom is 0.258 e. The van der Waals surface area contributed by atoms with E-state index in [1.807, 2.05) is 42.7 Å². The molecule has 1 aliphatic heterocycles. The van der Waals surface area contributed by atoms with Gasteiger partial charge in [0.25, 0.3) is 5.56 Å². The Hall–Kier alpha value is -4.05. The zero-order valence-corrected chi connectivity index (χ0v) is 23.3. The zero-order valence-electron chi connectivity index (χ0n) is 22.5. The van der Waals surface area contributed by atoms with Crippen LogP contribution in [0.25, 0.3) is 16.8 Å². The van der Waals surface area contributed by atoms with Gasteiger partial charge in [-0.1, -0.05) is 43.7 Å². The molecule has 5 rings (SSSR count). The number of aryl methyl sites for hydroxylation is 1. The lowest BCUT2D eigenvalue weighted by Gasteiger charge is -2.32. The summed E-state index contributed by atoms with van der Waals surface area (Å²) in [6.45, 7) is 3.56. The predicted molar refractivity (Wildman–Crippen MR) is 152 cm³/mol. The van der Waals surface area contributed by atoms with Crippen molar-refractivity contribution in [3.8, 4) is 22.6 Å². The van der Waals surface area contributed by atoms with Crippen LogP contribution in [0, 0.1) is 5.82 Å². The van der Waals surface area contributed by atoms with Crippen LogP contribution in [0.2, 0.25) is 0 Å². The molecular formula is C30H31FN4O4S. The van der Waals surface area contributed by atoms with E-state index in [1.165, 1.54) is 22.8 Å². The third-order valence-electron chi connectivity index (χ3n) is 6.96. The highest BCUT2D eigenvalue weighted by Crippen LogP contribution is 2.32. The zero-order chi connectivity index (χ0) is 28.3. The first-order chi connectivity index (χ1) is 19.2. The van der Waals surface area contributed by atoms with Gasteiger partial charge in [-0.15, -0.1) is 0 Å². The van der Waals surface area contributed by atoms with Crippen molar-refractivity contribution >= 4 is 15.8 Å². The standard InChI is InChI=1S/C30H31FN4O4S/c1-3-7-21-18-32-30(33-19-21)34-14-12-23(13-15-34)39-28-17-29(36)35(20-25(28)22-8-5-4-6-9-22)27-11-10-24(16-26(27)31)40(2,37)38/h4-6,8-11,16-20,23H,3,7,12-15H2,1-2H3. The van der Waals surface area contributed by atoms with Crippen molar-refractivity contribution in [2.75, 3.05) is 24.2 Å². The fourth-order valence-corrected chi connectivity index (χ4v) is 5.46. The van der Waals surface area contributed by atoms with Crippen LogP contribution in [0.3, 0.4) is 0 Å². The summed E-state index contributed by atoms with van der Waals surface area (Å²) < 4.78 is 46.3. The van der Waals surface area contributed by atoms with Gasteiger partial charge >= 0.3 is 0 Å². The monoisotopic (exact) mass is 562 g/mol. The highest BCUT2D eigenvalue weighted by atomic mass is 32.2. The third kappa shape index (κ3) is 6.07. The van der Waals surface area contributed by atoms with Crippen molar-refractivity contribution in [3.05, 3.63) is 94.9 Å². The van der Waals surface area contributed by atoms with Crippen LogP contribution in [0.1, 0.15) is 31.7 Å². The Morgan fingerprint density at radius 1 is 1.02 bits per heavy atom. The number of sulfone groups is 1. The van der Waals surface area contributed by atoms with Gasteiger partial charge in [-0.2, -0.15) is 0 Å². The Balaban J connectivity index is 1.40. The van der Waals surface area contributed by atoms with Crippen LogP contribution in [-0.4, -0.2) is 48.4 Å². The molecule has 40 heavy (non-hydrogen) atoms. The van der Waals surface area contributed by atoms with E-state index in [1.54, 1.807) is 6.20 Å². The maximum atomic E-state index is 15.0. The summed E-state index contributed by atoms with van der Waals surface area (Å²) in [4.78, 5) is 24.2. The van der Waals surface area contributed by atoms with Crippen molar-refractivity contribution in [1.29, 1.82) is 0 Å². The molecular weight excluding hydrogens is 531 g/mol. The van der Waals surface area contributed by atoms with E-state index >= 15 is 4.39 Å². The van der Waals surface area contributed by atoms with Crippen molar-refractivity contribution in [2.45, 2.75) is 43.6 Å². The minimum atomic E-state index is -3.59. The number of pyridine rings is 1. The van der Waals surface area contributed by atoms with E-state index in [0.29, 0.717) is 30.4 Å². The van der Waals surface area contributed by atoms with Gasteiger partial charge in [0.1, 0.15) is 17.7 Å². The number of piperidine rings is 1. The molecule has 0 spiro atoms. The summed E-state index contributed by atoms with van der Waals surface area (Å²) in [7, 11) is -3.59. The number of halogens is 1. The maximum absolute atomic E-state index is 15.0. The van der Waals surface area contributed by atoms with Crippen molar-refractivity contribution in [2.24, 2.45) is 0 Å². The quantitative estimate of drug-likeness (QED) is 0.303. The molecule has 0 saturated carbocycles. The summed E-state index contributed by atoms with van der Waals surface area (Å²) in [6, 6.07) is 14.3. The molecule has 2 aromatic heterocycles. The van der Waals surface area contributed by atoms with Crippen LogP contribution in [0.15, 0.2) is 82.9 Å². The Morgan fingerprint density at radius 3 is 2.35 bits per heavy atom. The molecule has 2 aromatic carbocycles. The fourth-order valence-electron chi connectivity index (χ4n) is 4.83. The molecule has 8 nitrogen and oxygen atoms in total. The summed E-state index contributed by atoms with van der Waals surface area (Å²) in [5.41, 5.74) is 2.03. The normalized spacial score (nSPS) is 14.3. The van der Waals surface area contributed by atoms with Gasteiger partial charge < -0.3 is 9.64 Å². The molecule has 1 saturated heterocycles. The molecule has 0 radical (unpaired) electrons. The van der Waals surface area contributed by atoms with Gasteiger partial charge in [0, 0.05) is 62.4 Å². The summed E-state index contributed by atoms with van der Waals surface area (Å²) in [5.74, 6) is 0.309. The van der Waals surface area contributed by atoms with Gasteiger partial charge in [-0.3, -0.25) is 9.36 Å². The van der Waals surface area contributed by atoms with E-state index in [0.717, 1.165) is 49.1 Å². The molecule has 3 heterocycles.